The molecule has 1 aromatic heterocycles. The van der Waals surface area contributed by atoms with Gasteiger partial charge in [0.15, 0.2) is 6.20 Å². The molecular formula is C15H14NO4+. The first-order valence-electron chi connectivity index (χ1n) is 5.89. The summed E-state index contributed by atoms with van der Waals surface area (Å²) in [7, 11) is 2.55. The fourth-order valence-corrected chi connectivity index (χ4v) is 1.81. The molecule has 0 spiro atoms. The molecule has 0 radical (unpaired) electrons. The number of rotatable bonds is 3. The van der Waals surface area contributed by atoms with Gasteiger partial charge in [-0.15, -0.1) is 4.57 Å². The van der Waals surface area contributed by atoms with Crippen LogP contribution in [0.15, 0.2) is 54.3 Å². The molecule has 0 aliphatic rings. The van der Waals surface area contributed by atoms with Gasteiger partial charge < -0.3 is 14.6 Å². The number of hydrogen-bond donors (Lipinski definition) is 1. The second kappa shape index (κ2) is 5.91. The number of methoxy groups -OCH3 is 2. The van der Waals surface area contributed by atoms with Gasteiger partial charge in [0.1, 0.15) is 0 Å². The van der Waals surface area contributed by atoms with Crippen LogP contribution in [0.1, 0.15) is 0 Å². The number of aromatic nitrogens is 1. The molecule has 0 atom stereocenters. The first kappa shape index (κ1) is 13.6. The fraction of sp³-hybridized carbons (Fsp3) is 0.133. The largest absolute Gasteiger partial charge is 0.475 e. The second-order valence-corrected chi connectivity index (χ2v) is 3.91. The molecule has 0 aliphatic heterocycles. The Hall–Kier alpha value is -2.78. The molecule has 2 rings (SSSR count). The van der Waals surface area contributed by atoms with E-state index in [2.05, 4.69) is 10.5 Å². The van der Waals surface area contributed by atoms with Crippen LogP contribution in [-0.4, -0.2) is 25.3 Å². The summed E-state index contributed by atoms with van der Waals surface area (Å²) in [5, 5.41) is 10.4. The van der Waals surface area contributed by atoms with Gasteiger partial charge in [-0.2, -0.15) is 0 Å². The summed E-state index contributed by atoms with van der Waals surface area (Å²) in [6, 6.07) is 11.2. The third-order valence-corrected chi connectivity index (χ3v) is 2.75. The molecule has 0 aliphatic carbocycles. The summed E-state index contributed by atoms with van der Waals surface area (Å²) in [6.45, 7) is 0. The van der Waals surface area contributed by atoms with Gasteiger partial charge in [0.25, 0.3) is 0 Å². The van der Waals surface area contributed by atoms with Gasteiger partial charge >= 0.3 is 17.6 Å². The van der Waals surface area contributed by atoms with Crippen molar-refractivity contribution in [1.82, 2.24) is 0 Å². The van der Waals surface area contributed by atoms with Crippen LogP contribution in [0.2, 0.25) is 0 Å². The Kier molecular flexibility index (Phi) is 4.03. The van der Waals surface area contributed by atoms with Crippen LogP contribution in [0, 0.1) is 0 Å². The minimum atomic E-state index is -0.630. The zero-order valence-electron chi connectivity index (χ0n) is 11.2. The average Bonchev–Trinajstić information content (AvgIpc) is 2.51. The van der Waals surface area contributed by atoms with E-state index in [1.54, 1.807) is 16.8 Å². The smallest absolute Gasteiger partial charge is 0.413 e. The molecule has 5 nitrogen and oxygen atoms in total. The molecule has 0 amide bonds. The number of benzene rings is 1. The van der Waals surface area contributed by atoms with Gasteiger partial charge in [-0.3, -0.25) is 0 Å². The molecule has 1 heterocycles. The molecule has 1 aromatic carbocycles. The molecule has 2 aromatic rings. The Bertz CT molecular complexity index is 709. The monoisotopic (exact) mass is 272 g/mol. The Labute approximate surface area is 116 Å². The van der Waals surface area contributed by atoms with Crippen molar-refractivity contribution in [3.63, 3.8) is 0 Å². The maximum atomic E-state index is 11.9. The maximum absolute atomic E-state index is 11.9. The predicted molar refractivity (Wildman–Crippen MR) is 72.5 cm³/mol. The normalized spacial score (nSPS) is 9.70. The molecule has 5 heteroatoms. The molecule has 102 valence electrons. The summed E-state index contributed by atoms with van der Waals surface area (Å²) in [5.74, 6) is -1.12. The number of para-hydroxylation sites is 1. The lowest BCUT2D eigenvalue weighted by atomic mass is 10.2. The number of aliphatic hydroxyl groups is 1. The first-order chi connectivity index (χ1) is 9.67. The lowest BCUT2D eigenvalue weighted by molar-refractivity contribution is -0.549. The highest BCUT2D eigenvalue weighted by atomic mass is 16.6. The van der Waals surface area contributed by atoms with E-state index in [4.69, 9.17) is 4.74 Å². The molecule has 0 unspecified atom stereocenters. The Morgan fingerprint density at radius 2 is 1.85 bits per heavy atom. The molecule has 0 bridgehead atoms. The van der Waals surface area contributed by atoms with Crippen molar-refractivity contribution in [2.75, 3.05) is 14.2 Å². The molecular weight excluding hydrogens is 258 g/mol. The van der Waals surface area contributed by atoms with Crippen LogP contribution >= 0.6 is 0 Å². The van der Waals surface area contributed by atoms with Crippen LogP contribution < -0.4 is 4.57 Å². The maximum Gasteiger partial charge on any atom is 0.413 e. The third-order valence-electron chi connectivity index (χ3n) is 2.75. The van der Waals surface area contributed by atoms with E-state index in [0.29, 0.717) is 0 Å². The molecule has 0 fully saturated rings. The van der Waals surface area contributed by atoms with E-state index < -0.39 is 11.9 Å². The highest BCUT2D eigenvalue weighted by molar-refractivity contribution is 6.06. The van der Waals surface area contributed by atoms with Gasteiger partial charge in [0.05, 0.1) is 20.0 Å². The number of pyridine rings is 1. The van der Waals surface area contributed by atoms with Crippen molar-refractivity contribution in [2.45, 2.75) is 0 Å². The Morgan fingerprint density at radius 1 is 1.15 bits per heavy atom. The highest BCUT2D eigenvalue weighted by Crippen LogP contribution is 2.10. The minimum absolute atomic E-state index is 0.0312. The SMILES string of the molecule is COC(=O)C(=C=C(O)OC)[n+]1cccc2ccccc21. The van der Waals surface area contributed by atoms with Crippen LogP contribution in [0.3, 0.4) is 0 Å². The van der Waals surface area contributed by atoms with Crippen LogP contribution in [-0.2, 0) is 14.3 Å². The molecule has 20 heavy (non-hydrogen) atoms. The summed E-state index contributed by atoms with van der Waals surface area (Å²) in [5.41, 5.74) is 3.30. The number of esters is 1. The number of aliphatic hydroxyl groups excluding tert-OH is 1. The number of hydrogen-bond acceptors (Lipinski definition) is 4. The third kappa shape index (κ3) is 2.63. The van der Waals surface area contributed by atoms with E-state index in [9.17, 15) is 9.90 Å². The Morgan fingerprint density at radius 3 is 2.55 bits per heavy atom. The van der Waals surface area contributed by atoms with Crippen molar-refractivity contribution in [1.29, 1.82) is 0 Å². The van der Waals surface area contributed by atoms with E-state index >= 15 is 0 Å². The van der Waals surface area contributed by atoms with Gasteiger partial charge in [-0.1, -0.05) is 12.1 Å². The number of fused-ring (bicyclic) bond motifs is 1. The fourth-order valence-electron chi connectivity index (χ4n) is 1.81. The standard InChI is InChI=1S/C15H13NO4/c1-19-14(17)10-13(15(18)20-2)16-9-5-7-11-6-3-4-8-12(11)16/h3-9H,1-2H3/p+1. The van der Waals surface area contributed by atoms with Crippen molar-refractivity contribution in [3.05, 3.63) is 54.3 Å². The highest BCUT2D eigenvalue weighted by Gasteiger charge is 2.24. The summed E-state index contributed by atoms with van der Waals surface area (Å²) in [4.78, 5) is 11.9. The van der Waals surface area contributed by atoms with E-state index in [-0.39, 0.29) is 5.70 Å². The molecule has 1 N–H and O–H groups in total. The molecule has 0 saturated heterocycles. The summed E-state index contributed by atoms with van der Waals surface area (Å²) in [6.07, 6.45) is 1.69. The first-order valence-corrected chi connectivity index (χ1v) is 5.89. The topological polar surface area (TPSA) is 59.6 Å². The predicted octanol–water partition coefficient (Wildman–Crippen LogP) is 1.79. The lowest BCUT2D eigenvalue weighted by Crippen LogP contribution is -2.37. The van der Waals surface area contributed by atoms with Crippen molar-refractivity contribution < 1.29 is 23.9 Å². The number of ether oxygens (including phenoxy) is 2. The minimum Gasteiger partial charge on any atom is -0.475 e. The van der Waals surface area contributed by atoms with Crippen LogP contribution in [0.5, 0.6) is 0 Å². The zero-order chi connectivity index (χ0) is 14.5. The zero-order valence-corrected chi connectivity index (χ0v) is 11.2. The van der Waals surface area contributed by atoms with E-state index in [1.807, 2.05) is 30.3 Å². The number of carbonyl (C=O) groups is 1. The second-order valence-electron chi connectivity index (χ2n) is 3.91. The number of nitrogens with zero attached hydrogens (tertiary/aromatic N) is 1. The quantitative estimate of drug-likeness (QED) is 0.304. The van der Waals surface area contributed by atoms with Gasteiger partial charge in [-0.25, -0.2) is 4.79 Å². The molecule has 0 saturated carbocycles. The average molecular weight is 272 g/mol. The van der Waals surface area contributed by atoms with Gasteiger partial charge in [0.2, 0.25) is 5.52 Å². The van der Waals surface area contributed by atoms with Gasteiger partial charge in [-0.05, 0) is 12.1 Å². The number of carbonyl (C=O) groups excluding carboxylic acids is 1. The lowest BCUT2D eigenvalue weighted by Gasteiger charge is -2.01. The van der Waals surface area contributed by atoms with Gasteiger partial charge in [0, 0.05) is 17.5 Å². The summed E-state index contributed by atoms with van der Waals surface area (Å²) >= 11 is 0. The van der Waals surface area contributed by atoms with Crippen LogP contribution in [0.4, 0.5) is 0 Å². The van der Waals surface area contributed by atoms with Crippen molar-refractivity contribution >= 4 is 22.6 Å². The van der Waals surface area contributed by atoms with Crippen molar-refractivity contribution in [2.24, 2.45) is 0 Å². The van der Waals surface area contributed by atoms with E-state index in [0.717, 1.165) is 10.9 Å². The Balaban J connectivity index is 2.76. The van der Waals surface area contributed by atoms with Crippen LogP contribution in [0.25, 0.3) is 16.6 Å². The van der Waals surface area contributed by atoms with E-state index in [1.165, 1.54) is 14.2 Å². The summed E-state index contributed by atoms with van der Waals surface area (Å²) < 4.78 is 10.9. The van der Waals surface area contributed by atoms with Crippen molar-refractivity contribution in [3.8, 4) is 0 Å².